The molecule has 3 nitrogen and oxygen atoms in total. The molecule has 1 N–H and O–H groups in total. The van der Waals surface area contributed by atoms with Gasteiger partial charge in [0, 0.05) is 11.8 Å². The van der Waals surface area contributed by atoms with Gasteiger partial charge in [0.1, 0.15) is 0 Å². The molecule has 0 bridgehead atoms. The van der Waals surface area contributed by atoms with Crippen LogP contribution in [0.4, 0.5) is 0 Å². The SMILES string of the molecule is C[C@H]1CCCC(O)[C@@]2(C)[C@H]1CCC21OCC(C)(C)CO1. The van der Waals surface area contributed by atoms with Gasteiger partial charge in [-0.3, -0.25) is 0 Å². The van der Waals surface area contributed by atoms with Crippen molar-refractivity contribution in [2.75, 3.05) is 13.2 Å². The van der Waals surface area contributed by atoms with E-state index >= 15 is 0 Å². The Hall–Kier alpha value is -0.120. The molecule has 2 aliphatic carbocycles. The largest absolute Gasteiger partial charge is 0.392 e. The first-order valence-corrected chi connectivity index (χ1v) is 8.27. The smallest absolute Gasteiger partial charge is 0.176 e. The fourth-order valence-corrected chi connectivity index (χ4v) is 4.87. The molecule has 3 heteroatoms. The lowest BCUT2D eigenvalue weighted by atomic mass is 9.67. The van der Waals surface area contributed by atoms with Gasteiger partial charge in [0.25, 0.3) is 0 Å². The van der Waals surface area contributed by atoms with Crippen molar-refractivity contribution in [1.82, 2.24) is 0 Å². The van der Waals surface area contributed by atoms with Gasteiger partial charge in [0.2, 0.25) is 0 Å². The highest BCUT2D eigenvalue weighted by atomic mass is 16.7. The number of aliphatic hydroxyl groups is 1. The molecule has 3 rings (SSSR count). The summed E-state index contributed by atoms with van der Waals surface area (Å²) in [6.07, 6.45) is 4.98. The summed E-state index contributed by atoms with van der Waals surface area (Å²) in [5.41, 5.74) is -0.166. The molecule has 1 unspecified atom stereocenters. The van der Waals surface area contributed by atoms with E-state index in [0.717, 1.165) is 38.9 Å². The molecule has 2 saturated carbocycles. The van der Waals surface area contributed by atoms with Crippen molar-refractivity contribution in [3.63, 3.8) is 0 Å². The lowest BCUT2D eigenvalue weighted by Crippen LogP contribution is -2.60. The molecule has 0 radical (unpaired) electrons. The summed E-state index contributed by atoms with van der Waals surface area (Å²) in [5, 5.41) is 10.8. The highest BCUT2D eigenvalue weighted by Crippen LogP contribution is 2.61. The summed E-state index contributed by atoms with van der Waals surface area (Å²) >= 11 is 0. The van der Waals surface area contributed by atoms with Crippen molar-refractivity contribution in [2.24, 2.45) is 22.7 Å². The van der Waals surface area contributed by atoms with Gasteiger partial charge in [-0.05, 0) is 24.7 Å². The van der Waals surface area contributed by atoms with Crippen LogP contribution in [0, 0.1) is 22.7 Å². The van der Waals surface area contributed by atoms with E-state index in [2.05, 4.69) is 27.7 Å². The summed E-state index contributed by atoms with van der Waals surface area (Å²) in [6.45, 7) is 10.4. The number of fused-ring (bicyclic) bond motifs is 2. The molecule has 3 aliphatic rings. The predicted molar refractivity (Wildman–Crippen MR) is 78.3 cm³/mol. The first-order chi connectivity index (χ1) is 9.31. The van der Waals surface area contributed by atoms with E-state index in [-0.39, 0.29) is 16.9 Å². The minimum absolute atomic E-state index is 0.0843. The minimum Gasteiger partial charge on any atom is -0.392 e. The second-order valence-corrected chi connectivity index (χ2v) is 8.35. The summed E-state index contributed by atoms with van der Waals surface area (Å²) in [7, 11) is 0. The molecule has 3 fully saturated rings. The van der Waals surface area contributed by atoms with Gasteiger partial charge in [-0.15, -0.1) is 0 Å². The summed E-state index contributed by atoms with van der Waals surface area (Å²) in [6, 6.07) is 0. The molecule has 4 atom stereocenters. The van der Waals surface area contributed by atoms with Crippen LogP contribution >= 0.6 is 0 Å². The van der Waals surface area contributed by atoms with Crippen molar-refractivity contribution in [3.8, 4) is 0 Å². The molecule has 1 aliphatic heterocycles. The van der Waals surface area contributed by atoms with Crippen LogP contribution in [0.1, 0.15) is 59.8 Å². The fourth-order valence-electron chi connectivity index (χ4n) is 4.87. The van der Waals surface area contributed by atoms with Crippen LogP contribution in [0.25, 0.3) is 0 Å². The summed E-state index contributed by atoms with van der Waals surface area (Å²) in [5.74, 6) is 0.616. The first kappa shape index (κ1) is 14.8. The number of hydrogen-bond donors (Lipinski definition) is 1. The summed E-state index contributed by atoms with van der Waals surface area (Å²) in [4.78, 5) is 0. The van der Waals surface area contributed by atoms with Crippen molar-refractivity contribution in [3.05, 3.63) is 0 Å². The predicted octanol–water partition coefficient (Wildman–Crippen LogP) is 3.35. The van der Waals surface area contributed by atoms with Crippen LogP contribution in [0.3, 0.4) is 0 Å². The Bertz CT molecular complexity index is 368. The van der Waals surface area contributed by atoms with Crippen LogP contribution in [0.15, 0.2) is 0 Å². The van der Waals surface area contributed by atoms with Crippen molar-refractivity contribution in [2.45, 2.75) is 71.7 Å². The Morgan fingerprint density at radius 2 is 1.65 bits per heavy atom. The number of ether oxygens (including phenoxy) is 2. The molecule has 1 saturated heterocycles. The third-order valence-electron chi connectivity index (χ3n) is 6.28. The Labute approximate surface area is 123 Å². The average Bonchev–Trinajstić information content (AvgIpc) is 2.62. The standard InChI is InChI=1S/C17H30O3/c1-12-6-5-7-14(18)16(4)13(12)8-9-17(16)19-10-15(2,3)11-20-17/h12-14,18H,5-11H2,1-4H3/t12-,13-,14?,16+/m0/s1. The average molecular weight is 282 g/mol. The van der Waals surface area contributed by atoms with Crippen molar-refractivity contribution in [1.29, 1.82) is 0 Å². The van der Waals surface area contributed by atoms with Gasteiger partial charge in [0.05, 0.1) is 24.7 Å². The molecule has 0 aromatic heterocycles. The van der Waals surface area contributed by atoms with E-state index in [1.54, 1.807) is 0 Å². The van der Waals surface area contributed by atoms with Crippen molar-refractivity contribution < 1.29 is 14.6 Å². The van der Waals surface area contributed by atoms with E-state index in [1.807, 2.05) is 0 Å². The highest BCUT2D eigenvalue weighted by molar-refractivity contribution is 5.09. The maximum absolute atomic E-state index is 10.8. The Balaban J connectivity index is 1.93. The second-order valence-electron chi connectivity index (χ2n) is 8.35. The molecular formula is C17H30O3. The quantitative estimate of drug-likeness (QED) is 0.740. The van der Waals surface area contributed by atoms with Gasteiger partial charge >= 0.3 is 0 Å². The molecule has 20 heavy (non-hydrogen) atoms. The molecular weight excluding hydrogens is 252 g/mol. The molecule has 116 valence electrons. The van der Waals surface area contributed by atoms with E-state index in [1.165, 1.54) is 6.42 Å². The van der Waals surface area contributed by atoms with Gasteiger partial charge in [-0.2, -0.15) is 0 Å². The zero-order chi connectivity index (χ0) is 14.6. The maximum atomic E-state index is 10.8. The second kappa shape index (κ2) is 4.69. The van der Waals surface area contributed by atoms with E-state index in [9.17, 15) is 5.11 Å². The molecule has 0 aromatic carbocycles. The first-order valence-electron chi connectivity index (χ1n) is 8.27. The van der Waals surface area contributed by atoms with Gasteiger partial charge in [0.15, 0.2) is 5.79 Å². The number of aliphatic hydroxyl groups excluding tert-OH is 1. The Kier molecular flexibility index (Phi) is 3.47. The van der Waals surface area contributed by atoms with Crippen LogP contribution in [-0.2, 0) is 9.47 Å². The zero-order valence-corrected chi connectivity index (χ0v) is 13.4. The summed E-state index contributed by atoms with van der Waals surface area (Å²) < 4.78 is 12.6. The van der Waals surface area contributed by atoms with Crippen LogP contribution in [0.5, 0.6) is 0 Å². The van der Waals surface area contributed by atoms with Crippen LogP contribution < -0.4 is 0 Å². The van der Waals surface area contributed by atoms with E-state index in [0.29, 0.717) is 11.8 Å². The monoisotopic (exact) mass is 282 g/mol. The van der Waals surface area contributed by atoms with Gasteiger partial charge in [-0.25, -0.2) is 0 Å². The molecule has 0 amide bonds. The zero-order valence-electron chi connectivity index (χ0n) is 13.4. The molecule has 1 spiro atoms. The van der Waals surface area contributed by atoms with Gasteiger partial charge < -0.3 is 14.6 Å². The minimum atomic E-state index is -0.550. The van der Waals surface area contributed by atoms with Crippen molar-refractivity contribution >= 4 is 0 Å². The highest BCUT2D eigenvalue weighted by Gasteiger charge is 2.65. The lowest BCUT2D eigenvalue weighted by molar-refractivity contribution is -0.353. The number of rotatable bonds is 0. The third-order valence-corrected chi connectivity index (χ3v) is 6.28. The van der Waals surface area contributed by atoms with Gasteiger partial charge in [-0.1, -0.05) is 40.5 Å². The number of hydrogen-bond acceptors (Lipinski definition) is 3. The maximum Gasteiger partial charge on any atom is 0.176 e. The van der Waals surface area contributed by atoms with Crippen LogP contribution in [-0.4, -0.2) is 30.2 Å². The molecule has 1 heterocycles. The normalized spacial score (nSPS) is 47.0. The fraction of sp³-hybridized carbons (Fsp3) is 1.00. The Morgan fingerprint density at radius 1 is 1.00 bits per heavy atom. The lowest BCUT2D eigenvalue weighted by Gasteiger charge is -2.52. The third kappa shape index (κ3) is 1.97. The van der Waals surface area contributed by atoms with Crippen LogP contribution in [0.2, 0.25) is 0 Å². The van der Waals surface area contributed by atoms with E-state index < -0.39 is 5.79 Å². The topological polar surface area (TPSA) is 38.7 Å². The van der Waals surface area contributed by atoms with E-state index in [4.69, 9.17) is 9.47 Å². The Morgan fingerprint density at radius 3 is 2.30 bits per heavy atom. The molecule has 0 aromatic rings.